The molecule has 0 aliphatic heterocycles. The number of fused-ring (bicyclic) bond motifs is 1. The molecule has 0 aliphatic carbocycles. The van der Waals surface area contributed by atoms with Crippen LogP contribution in [0, 0.1) is 20.8 Å². The van der Waals surface area contributed by atoms with Crippen LogP contribution in [0.1, 0.15) is 35.5 Å². The van der Waals surface area contributed by atoms with Gasteiger partial charge < -0.3 is 14.0 Å². The van der Waals surface area contributed by atoms with Crippen molar-refractivity contribution in [1.82, 2.24) is 9.55 Å². The average molecular weight is 401 g/mol. The molecule has 4 nitrogen and oxygen atoms in total. The fourth-order valence-corrected chi connectivity index (χ4v) is 3.69. The summed E-state index contributed by atoms with van der Waals surface area (Å²) >= 11 is 0. The van der Waals surface area contributed by atoms with Crippen LogP contribution in [0.25, 0.3) is 11.0 Å². The lowest BCUT2D eigenvalue weighted by Crippen LogP contribution is -2.16. The van der Waals surface area contributed by atoms with Crippen LogP contribution in [0.2, 0.25) is 0 Å². The summed E-state index contributed by atoms with van der Waals surface area (Å²) in [4.78, 5) is 4.87. The van der Waals surface area contributed by atoms with Gasteiger partial charge in [0.25, 0.3) is 0 Å². The first-order chi connectivity index (χ1) is 14.5. The summed E-state index contributed by atoms with van der Waals surface area (Å²) in [5.41, 5.74) is 5.59. The van der Waals surface area contributed by atoms with Crippen LogP contribution in [0.3, 0.4) is 0 Å². The number of hydrogen-bond acceptors (Lipinski definition) is 3. The lowest BCUT2D eigenvalue weighted by Gasteiger charge is -2.18. The topological polar surface area (TPSA) is 36.3 Å². The first kappa shape index (κ1) is 20.0. The van der Waals surface area contributed by atoms with Crippen LogP contribution in [-0.2, 0) is 6.54 Å². The maximum absolute atomic E-state index is 6.23. The van der Waals surface area contributed by atoms with E-state index in [1.165, 1.54) is 11.1 Å². The van der Waals surface area contributed by atoms with Crippen molar-refractivity contribution in [3.05, 3.63) is 89.2 Å². The highest BCUT2D eigenvalue weighted by Crippen LogP contribution is 2.26. The van der Waals surface area contributed by atoms with Crippen molar-refractivity contribution in [2.24, 2.45) is 0 Å². The van der Waals surface area contributed by atoms with Crippen LogP contribution in [0.4, 0.5) is 0 Å². The molecule has 0 amide bonds. The predicted octanol–water partition coefficient (Wildman–Crippen LogP) is 6.18. The molecule has 0 saturated heterocycles. The van der Waals surface area contributed by atoms with Crippen LogP contribution in [-0.4, -0.2) is 16.2 Å². The van der Waals surface area contributed by atoms with E-state index in [1.54, 1.807) is 0 Å². The molecule has 1 aromatic heterocycles. The summed E-state index contributed by atoms with van der Waals surface area (Å²) in [5.74, 6) is 2.69. The van der Waals surface area contributed by atoms with E-state index in [-0.39, 0.29) is 6.10 Å². The standard InChI is InChI=1S/C26H28N2O2/c1-18-8-7-9-22(16-18)30-21(4)26-27-23-10-5-6-11-24(23)28(26)14-15-29-25-17-19(2)12-13-20(25)3/h5-13,16-17,21H,14-15H2,1-4H3. The summed E-state index contributed by atoms with van der Waals surface area (Å²) < 4.78 is 14.6. The quantitative estimate of drug-likeness (QED) is 0.372. The lowest BCUT2D eigenvalue weighted by atomic mass is 10.1. The van der Waals surface area contributed by atoms with Crippen molar-refractivity contribution in [2.75, 3.05) is 6.61 Å². The minimum absolute atomic E-state index is 0.181. The Balaban J connectivity index is 1.57. The summed E-state index contributed by atoms with van der Waals surface area (Å²) in [5, 5.41) is 0. The molecule has 1 unspecified atom stereocenters. The summed E-state index contributed by atoms with van der Waals surface area (Å²) in [6, 6.07) is 22.6. The number of ether oxygens (including phenoxy) is 2. The van der Waals surface area contributed by atoms with E-state index in [1.807, 2.05) is 43.3 Å². The fourth-order valence-electron chi connectivity index (χ4n) is 3.69. The molecule has 30 heavy (non-hydrogen) atoms. The number of aryl methyl sites for hydroxylation is 3. The Morgan fingerprint density at radius 3 is 2.53 bits per heavy atom. The van der Waals surface area contributed by atoms with Gasteiger partial charge in [0, 0.05) is 0 Å². The molecule has 0 radical (unpaired) electrons. The van der Waals surface area contributed by atoms with Crippen LogP contribution >= 0.6 is 0 Å². The molecular formula is C26H28N2O2. The second-order valence-corrected chi connectivity index (χ2v) is 7.80. The molecule has 4 heteroatoms. The molecule has 3 aromatic carbocycles. The third-order valence-corrected chi connectivity index (χ3v) is 5.27. The lowest BCUT2D eigenvalue weighted by molar-refractivity contribution is 0.207. The normalized spacial score (nSPS) is 12.1. The smallest absolute Gasteiger partial charge is 0.153 e. The second-order valence-electron chi connectivity index (χ2n) is 7.80. The molecule has 1 heterocycles. The Kier molecular flexibility index (Phi) is 5.75. The van der Waals surface area contributed by atoms with Gasteiger partial charge in [0.1, 0.15) is 18.1 Å². The number of para-hydroxylation sites is 2. The summed E-state index contributed by atoms with van der Waals surface area (Å²) in [6.07, 6.45) is -0.181. The molecule has 0 fully saturated rings. The van der Waals surface area contributed by atoms with Crippen molar-refractivity contribution in [3.8, 4) is 11.5 Å². The second kappa shape index (κ2) is 8.62. The molecule has 4 aromatic rings. The van der Waals surface area contributed by atoms with E-state index in [0.29, 0.717) is 13.2 Å². The monoisotopic (exact) mass is 400 g/mol. The van der Waals surface area contributed by atoms with Gasteiger partial charge in [-0.1, -0.05) is 36.4 Å². The zero-order valence-corrected chi connectivity index (χ0v) is 18.1. The molecule has 0 aliphatic rings. The maximum Gasteiger partial charge on any atom is 0.153 e. The van der Waals surface area contributed by atoms with Gasteiger partial charge in [-0.05, 0) is 74.7 Å². The third-order valence-electron chi connectivity index (χ3n) is 5.27. The minimum Gasteiger partial charge on any atom is -0.491 e. The van der Waals surface area contributed by atoms with Gasteiger partial charge in [0.2, 0.25) is 0 Å². The molecule has 1 atom stereocenters. The Labute approximate surface area is 178 Å². The van der Waals surface area contributed by atoms with E-state index >= 15 is 0 Å². The molecule has 0 N–H and O–H groups in total. The minimum atomic E-state index is -0.181. The van der Waals surface area contributed by atoms with Crippen LogP contribution in [0.15, 0.2) is 66.7 Å². The first-order valence-electron chi connectivity index (χ1n) is 10.4. The molecule has 0 saturated carbocycles. The van der Waals surface area contributed by atoms with Crippen molar-refractivity contribution in [2.45, 2.75) is 40.3 Å². The van der Waals surface area contributed by atoms with E-state index in [9.17, 15) is 0 Å². The zero-order valence-electron chi connectivity index (χ0n) is 18.1. The fraction of sp³-hybridized carbons (Fsp3) is 0.269. The van der Waals surface area contributed by atoms with Gasteiger partial charge in [-0.2, -0.15) is 0 Å². The van der Waals surface area contributed by atoms with Gasteiger partial charge in [-0.3, -0.25) is 0 Å². The van der Waals surface area contributed by atoms with E-state index < -0.39 is 0 Å². The van der Waals surface area contributed by atoms with Gasteiger partial charge in [0.05, 0.1) is 17.6 Å². The highest BCUT2D eigenvalue weighted by atomic mass is 16.5. The predicted molar refractivity (Wildman–Crippen MR) is 121 cm³/mol. The molecular weight excluding hydrogens is 372 g/mol. The summed E-state index contributed by atoms with van der Waals surface area (Å²) in [6.45, 7) is 9.53. The third kappa shape index (κ3) is 4.33. The van der Waals surface area contributed by atoms with Gasteiger partial charge in [0.15, 0.2) is 11.9 Å². The van der Waals surface area contributed by atoms with E-state index in [0.717, 1.165) is 33.9 Å². The SMILES string of the molecule is Cc1cccc(OC(C)c2nc3ccccc3n2CCOc2cc(C)ccc2C)c1. The highest BCUT2D eigenvalue weighted by molar-refractivity contribution is 5.76. The van der Waals surface area contributed by atoms with Crippen molar-refractivity contribution in [1.29, 1.82) is 0 Å². The molecule has 4 rings (SSSR count). The number of nitrogens with zero attached hydrogens (tertiary/aromatic N) is 2. The molecule has 0 bridgehead atoms. The maximum atomic E-state index is 6.23. The van der Waals surface area contributed by atoms with Gasteiger partial charge in [-0.25, -0.2) is 4.98 Å². The van der Waals surface area contributed by atoms with E-state index in [2.05, 4.69) is 55.7 Å². The Morgan fingerprint density at radius 1 is 0.900 bits per heavy atom. The Morgan fingerprint density at radius 2 is 1.70 bits per heavy atom. The van der Waals surface area contributed by atoms with Gasteiger partial charge in [-0.15, -0.1) is 0 Å². The number of imidazole rings is 1. The average Bonchev–Trinajstić information content (AvgIpc) is 3.09. The van der Waals surface area contributed by atoms with Gasteiger partial charge >= 0.3 is 0 Å². The number of aromatic nitrogens is 2. The summed E-state index contributed by atoms with van der Waals surface area (Å²) in [7, 11) is 0. The van der Waals surface area contributed by atoms with Crippen molar-refractivity contribution < 1.29 is 9.47 Å². The van der Waals surface area contributed by atoms with Crippen LogP contribution < -0.4 is 9.47 Å². The van der Waals surface area contributed by atoms with Crippen molar-refractivity contribution >= 4 is 11.0 Å². The van der Waals surface area contributed by atoms with Crippen molar-refractivity contribution in [3.63, 3.8) is 0 Å². The van der Waals surface area contributed by atoms with Crippen LogP contribution in [0.5, 0.6) is 11.5 Å². The Bertz CT molecular complexity index is 1160. The zero-order chi connectivity index (χ0) is 21.1. The first-order valence-corrected chi connectivity index (χ1v) is 10.4. The Hall–Kier alpha value is -3.27. The highest BCUT2D eigenvalue weighted by Gasteiger charge is 2.18. The largest absolute Gasteiger partial charge is 0.491 e. The molecule has 0 spiro atoms. The molecule has 154 valence electrons. The number of benzene rings is 3. The number of rotatable bonds is 7. The van der Waals surface area contributed by atoms with E-state index in [4.69, 9.17) is 14.5 Å². The number of hydrogen-bond donors (Lipinski definition) is 0.